The molecular formula is C26H22N2. The lowest BCUT2D eigenvalue weighted by Gasteiger charge is -2.34. The van der Waals surface area contributed by atoms with Crippen LogP contribution in [0.5, 0.6) is 0 Å². The number of benzene rings is 3. The Hall–Kier alpha value is -3.52. The van der Waals surface area contributed by atoms with Crippen molar-refractivity contribution in [1.82, 2.24) is 0 Å². The van der Waals surface area contributed by atoms with Gasteiger partial charge in [-0.1, -0.05) is 109 Å². The SMILES string of the molecule is N=C(C1=CCC(C(=N)c2ccccc2)(c2ccccc2)C=C1)c1ccccc1. The van der Waals surface area contributed by atoms with E-state index in [-0.39, 0.29) is 0 Å². The highest BCUT2D eigenvalue weighted by atomic mass is 14.5. The minimum atomic E-state index is -0.525. The van der Waals surface area contributed by atoms with Crippen molar-refractivity contribution < 1.29 is 0 Å². The van der Waals surface area contributed by atoms with Gasteiger partial charge in [-0.25, -0.2) is 0 Å². The Morgan fingerprint density at radius 2 is 1.21 bits per heavy atom. The highest BCUT2D eigenvalue weighted by molar-refractivity contribution is 6.14. The van der Waals surface area contributed by atoms with E-state index < -0.39 is 5.41 Å². The van der Waals surface area contributed by atoms with Gasteiger partial charge in [0.15, 0.2) is 0 Å². The second-order valence-corrected chi connectivity index (χ2v) is 7.02. The van der Waals surface area contributed by atoms with Crippen LogP contribution in [0.4, 0.5) is 0 Å². The van der Waals surface area contributed by atoms with Gasteiger partial charge in [0.05, 0.1) is 16.8 Å². The molecule has 0 saturated heterocycles. The van der Waals surface area contributed by atoms with Gasteiger partial charge in [0.2, 0.25) is 0 Å². The molecule has 0 bridgehead atoms. The average Bonchev–Trinajstić information content (AvgIpc) is 2.80. The minimum absolute atomic E-state index is 0.518. The maximum atomic E-state index is 9.01. The number of hydrogen-bond acceptors (Lipinski definition) is 2. The van der Waals surface area contributed by atoms with Gasteiger partial charge in [0.1, 0.15) is 0 Å². The van der Waals surface area contributed by atoms with Crippen molar-refractivity contribution in [3.63, 3.8) is 0 Å². The highest BCUT2D eigenvalue weighted by Crippen LogP contribution is 2.38. The molecule has 0 fully saturated rings. The second kappa shape index (κ2) is 7.61. The zero-order valence-corrected chi connectivity index (χ0v) is 15.6. The van der Waals surface area contributed by atoms with Crippen molar-refractivity contribution in [3.05, 3.63) is 131 Å². The Labute approximate surface area is 165 Å². The lowest BCUT2D eigenvalue weighted by molar-refractivity contribution is 0.713. The Morgan fingerprint density at radius 3 is 1.75 bits per heavy atom. The summed E-state index contributed by atoms with van der Waals surface area (Å²) in [6.45, 7) is 0. The third-order valence-corrected chi connectivity index (χ3v) is 5.34. The molecule has 2 N–H and O–H groups in total. The molecule has 0 saturated carbocycles. The molecule has 2 nitrogen and oxygen atoms in total. The van der Waals surface area contributed by atoms with Crippen LogP contribution in [0.25, 0.3) is 0 Å². The van der Waals surface area contributed by atoms with Gasteiger partial charge in [-0.2, -0.15) is 0 Å². The molecule has 3 aromatic rings. The van der Waals surface area contributed by atoms with E-state index in [9.17, 15) is 0 Å². The molecule has 1 unspecified atom stereocenters. The minimum Gasteiger partial charge on any atom is -0.303 e. The standard InChI is InChI=1S/C26H22N2/c27-24(20-10-4-1-5-11-20)21-16-18-26(19-17-21,23-14-8-3-9-15-23)25(28)22-12-6-2-7-13-22/h1-18,27-28H,19H2. The predicted octanol–water partition coefficient (Wildman–Crippen LogP) is 5.95. The summed E-state index contributed by atoms with van der Waals surface area (Å²) in [6, 6.07) is 29.9. The zero-order chi connectivity index (χ0) is 19.4. The lowest BCUT2D eigenvalue weighted by Crippen LogP contribution is -2.35. The van der Waals surface area contributed by atoms with Crippen LogP contribution in [-0.4, -0.2) is 11.4 Å². The van der Waals surface area contributed by atoms with Crippen LogP contribution in [0.2, 0.25) is 0 Å². The molecule has 4 rings (SSSR count). The van der Waals surface area contributed by atoms with Gasteiger partial charge in [0.25, 0.3) is 0 Å². The summed E-state index contributed by atoms with van der Waals surface area (Å²) in [5.74, 6) is 0. The molecule has 0 spiro atoms. The third-order valence-electron chi connectivity index (χ3n) is 5.34. The fraction of sp³-hybridized carbons (Fsp3) is 0.0769. The molecule has 0 aromatic heterocycles. The van der Waals surface area contributed by atoms with Gasteiger partial charge in [-0.05, 0) is 28.7 Å². The molecule has 0 radical (unpaired) electrons. The molecule has 1 aliphatic carbocycles. The lowest BCUT2D eigenvalue weighted by atomic mass is 9.68. The molecular weight excluding hydrogens is 340 g/mol. The average molecular weight is 362 g/mol. The topological polar surface area (TPSA) is 47.7 Å². The van der Waals surface area contributed by atoms with E-state index in [1.165, 1.54) is 0 Å². The Kier molecular flexibility index (Phi) is 4.86. The van der Waals surface area contributed by atoms with Crippen LogP contribution in [0.1, 0.15) is 23.1 Å². The van der Waals surface area contributed by atoms with Crippen molar-refractivity contribution in [2.75, 3.05) is 0 Å². The normalized spacial score (nSPS) is 18.4. The Bertz CT molecular complexity index is 1050. The third kappa shape index (κ3) is 3.25. The first-order valence-electron chi connectivity index (χ1n) is 9.44. The van der Waals surface area contributed by atoms with Crippen LogP contribution < -0.4 is 0 Å². The molecule has 28 heavy (non-hydrogen) atoms. The van der Waals surface area contributed by atoms with Crippen LogP contribution in [0.15, 0.2) is 115 Å². The Morgan fingerprint density at radius 1 is 0.679 bits per heavy atom. The Balaban J connectivity index is 1.72. The summed E-state index contributed by atoms with van der Waals surface area (Å²) in [7, 11) is 0. The summed E-state index contributed by atoms with van der Waals surface area (Å²) in [6.07, 6.45) is 6.86. The van der Waals surface area contributed by atoms with Crippen molar-refractivity contribution in [3.8, 4) is 0 Å². The monoisotopic (exact) mass is 362 g/mol. The van der Waals surface area contributed by atoms with Crippen molar-refractivity contribution in [2.24, 2.45) is 0 Å². The molecule has 1 atom stereocenters. The van der Waals surface area contributed by atoms with E-state index in [0.717, 1.165) is 22.3 Å². The van der Waals surface area contributed by atoms with Crippen LogP contribution in [0.3, 0.4) is 0 Å². The van der Waals surface area contributed by atoms with Crippen molar-refractivity contribution in [2.45, 2.75) is 11.8 Å². The summed E-state index contributed by atoms with van der Waals surface area (Å²) in [5.41, 5.74) is 4.40. The first kappa shape index (κ1) is 17.9. The first-order chi connectivity index (χ1) is 13.7. The second-order valence-electron chi connectivity index (χ2n) is 7.02. The largest absolute Gasteiger partial charge is 0.303 e. The van der Waals surface area contributed by atoms with E-state index in [1.807, 2.05) is 84.9 Å². The summed E-state index contributed by atoms with van der Waals surface area (Å²) < 4.78 is 0. The number of hydrogen-bond donors (Lipinski definition) is 2. The van der Waals surface area contributed by atoms with Crippen molar-refractivity contribution >= 4 is 11.4 Å². The van der Waals surface area contributed by atoms with Gasteiger partial charge in [-0.15, -0.1) is 0 Å². The molecule has 136 valence electrons. The zero-order valence-electron chi connectivity index (χ0n) is 15.6. The number of nitrogens with one attached hydrogen (secondary N) is 2. The maximum absolute atomic E-state index is 9.01. The van der Waals surface area contributed by atoms with Gasteiger partial charge in [0, 0.05) is 0 Å². The molecule has 3 aromatic carbocycles. The van der Waals surface area contributed by atoms with Gasteiger partial charge in [-0.3, -0.25) is 5.41 Å². The fourth-order valence-corrected chi connectivity index (χ4v) is 3.74. The van der Waals surface area contributed by atoms with Crippen LogP contribution in [0, 0.1) is 10.8 Å². The molecule has 0 heterocycles. The summed E-state index contributed by atoms with van der Waals surface area (Å²) in [5, 5.41) is 17.6. The molecule has 0 amide bonds. The van der Waals surface area contributed by atoms with Gasteiger partial charge >= 0.3 is 0 Å². The fourth-order valence-electron chi connectivity index (χ4n) is 3.74. The first-order valence-corrected chi connectivity index (χ1v) is 9.44. The number of rotatable bonds is 5. The molecule has 0 aliphatic heterocycles. The maximum Gasteiger partial charge on any atom is 0.0681 e. The molecule has 2 heteroatoms. The van der Waals surface area contributed by atoms with E-state index in [1.54, 1.807) is 0 Å². The van der Waals surface area contributed by atoms with Crippen molar-refractivity contribution in [1.29, 1.82) is 10.8 Å². The molecule has 1 aliphatic rings. The van der Waals surface area contributed by atoms with E-state index >= 15 is 0 Å². The number of allylic oxidation sites excluding steroid dienone is 4. The van der Waals surface area contributed by atoms with E-state index in [4.69, 9.17) is 10.8 Å². The highest BCUT2D eigenvalue weighted by Gasteiger charge is 2.36. The quantitative estimate of drug-likeness (QED) is 0.527. The summed E-state index contributed by atoms with van der Waals surface area (Å²) in [4.78, 5) is 0. The summed E-state index contributed by atoms with van der Waals surface area (Å²) >= 11 is 0. The van der Waals surface area contributed by atoms with Gasteiger partial charge < -0.3 is 5.41 Å². The van der Waals surface area contributed by atoms with E-state index in [2.05, 4.69) is 24.3 Å². The smallest absolute Gasteiger partial charge is 0.0681 e. The predicted molar refractivity (Wildman–Crippen MR) is 117 cm³/mol. The van der Waals surface area contributed by atoms with Crippen LogP contribution >= 0.6 is 0 Å². The van der Waals surface area contributed by atoms with E-state index in [0.29, 0.717) is 17.8 Å². The van der Waals surface area contributed by atoms with Crippen LogP contribution in [-0.2, 0) is 5.41 Å².